The molecule has 0 aromatic rings. The molecule has 86 valence electrons. The maximum absolute atomic E-state index is 9.65. The van der Waals surface area contributed by atoms with Crippen LogP contribution in [0.5, 0.6) is 0 Å². The van der Waals surface area contributed by atoms with E-state index in [0.717, 1.165) is 5.70 Å². The number of methoxy groups -OCH3 is 2. The number of likely N-dealkylation sites (N-methyl/N-ethyl adjacent to an activating group) is 1. The molecule has 1 rings (SSSR count). The standard InChI is InChI=1S/C10H17NO4/c1-11-7(5-14-2)4-9(12)10(13)8(11)6-15-3/h4,9,12-13H,5-6H2,1-3H3. The van der Waals surface area contributed by atoms with Crippen LogP contribution < -0.4 is 0 Å². The summed E-state index contributed by atoms with van der Waals surface area (Å²) in [6.07, 6.45) is 0.578. The molecule has 1 aliphatic heterocycles. The van der Waals surface area contributed by atoms with Crippen molar-refractivity contribution in [1.82, 2.24) is 4.90 Å². The normalized spacial score (nSPS) is 22.0. The molecule has 0 fully saturated rings. The van der Waals surface area contributed by atoms with E-state index in [1.165, 1.54) is 7.11 Å². The Bertz CT molecular complexity index is 285. The summed E-state index contributed by atoms with van der Waals surface area (Å²) in [7, 11) is 4.91. The fourth-order valence-corrected chi connectivity index (χ4v) is 1.49. The number of aliphatic hydroxyl groups excluding tert-OH is 2. The van der Waals surface area contributed by atoms with Gasteiger partial charge >= 0.3 is 0 Å². The average Bonchev–Trinajstić information content (AvgIpc) is 2.21. The van der Waals surface area contributed by atoms with Gasteiger partial charge < -0.3 is 24.6 Å². The lowest BCUT2D eigenvalue weighted by Gasteiger charge is -2.31. The Morgan fingerprint density at radius 2 is 1.93 bits per heavy atom. The highest BCUT2D eigenvalue weighted by molar-refractivity contribution is 5.27. The van der Waals surface area contributed by atoms with Crippen molar-refractivity contribution in [2.75, 3.05) is 34.5 Å². The molecule has 5 heteroatoms. The van der Waals surface area contributed by atoms with Gasteiger partial charge in [0.25, 0.3) is 0 Å². The van der Waals surface area contributed by atoms with Crippen LogP contribution in [0.1, 0.15) is 0 Å². The first-order chi connectivity index (χ1) is 7.11. The van der Waals surface area contributed by atoms with Gasteiger partial charge in [-0.1, -0.05) is 0 Å². The second-order valence-corrected chi connectivity index (χ2v) is 3.36. The van der Waals surface area contributed by atoms with Crippen molar-refractivity contribution in [3.05, 3.63) is 23.2 Å². The first kappa shape index (κ1) is 12.0. The van der Waals surface area contributed by atoms with Gasteiger partial charge in [-0.15, -0.1) is 0 Å². The summed E-state index contributed by atoms with van der Waals surface area (Å²) < 4.78 is 9.95. The Hall–Kier alpha value is -1.04. The molecule has 1 atom stereocenters. The summed E-state index contributed by atoms with van der Waals surface area (Å²) in [5.41, 5.74) is 1.36. The lowest BCUT2D eigenvalue weighted by Crippen LogP contribution is -2.32. The van der Waals surface area contributed by atoms with Gasteiger partial charge in [0, 0.05) is 27.0 Å². The van der Waals surface area contributed by atoms with Gasteiger partial charge in [-0.25, -0.2) is 0 Å². The zero-order valence-electron chi connectivity index (χ0n) is 9.23. The topological polar surface area (TPSA) is 62.2 Å². The molecule has 2 N–H and O–H groups in total. The minimum Gasteiger partial charge on any atom is -0.507 e. The van der Waals surface area contributed by atoms with Crippen LogP contribution in [0.15, 0.2) is 23.2 Å². The Kier molecular flexibility index (Phi) is 4.14. The van der Waals surface area contributed by atoms with Crippen LogP contribution in [0.2, 0.25) is 0 Å². The van der Waals surface area contributed by atoms with Crippen LogP contribution >= 0.6 is 0 Å². The van der Waals surface area contributed by atoms with E-state index in [2.05, 4.69) is 0 Å². The van der Waals surface area contributed by atoms with E-state index in [4.69, 9.17) is 9.47 Å². The van der Waals surface area contributed by atoms with Gasteiger partial charge in [0.15, 0.2) is 0 Å². The number of rotatable bonds is 4. The first-order valence-corrected chi connectivity index (χ1v) is 4.64. The molecule has 0 bridgehead atoms. The molecule has 0 aromatic heterocycles. The van der Waals surface area contributed by atoms with E-state index in [1.807, 2.05) is 0 Å². The zero-order chi connectivity index (χ0) is 11.4. The van der Waals surface area contributed by atoms with Crippen LogP contribution in [0, 0.1) is 0 Å². The molecular formula is C10H17NO4. The van der Waals surface area contributed by atoms with Crippen molar-refractivity contribution in [3.63, 3.8) is 0 Å². The second-order valence-electron chi connectivity index (χ2n) is 3.36. The van der Waals surface area contributed by atoms with Crippen LogP contribution in [-0.4, -0.2) is 55.7 Å². The molecule has 5 nitrogen and oxygen atoms in total. The molecule has 0 saturated heterocycles. The van der Waals surface area contributed by atoms with E-state index in [0.29, 0.717) is 12.3 Å². The van der Waals surface area contributed by atoms with Crippen molar-refractivity contribution < 1.29 is 19.7 Å². The highest BCUT2D eigenvalue weighted by Gasteiger charge is 2.24. The van der Waals surface area contributed by atoms with Crippen molar-refractivity contribution in [3.8, 4) is 0 Å². The maximum Gasteiger partial charge on any atom is 0.147 e. The third kappa shape index (κ3) is 2.50. The molecule has 1 aliphatic rings. The van der Waals surface area contributed by atoms with Gasteiger partial charge in [-0.2, -0.15) is 0 Å². The molecule has 0 aliphatic carbocycles. The third-order valence-corrected chi connectivity index (χ3v) is 2.34. The summed E-state index contributed by atoms with van der Waals surface area (Å²) >= 11 is 0. The van der Waals surface area contributed by atoms with E-state index in [-0.39, 0.29) is 12.4 Å². The fourth-order valence-electron chi connectivity index (χ4n) is 1.49. The minimum absolute atomic E-state index is 0.0702. The van der Waals surface area contributed by atoms with Crippen LogP contribution in [0.4, 0.5) is 0 Å². The summed E-state index contributed by atoms with van der Waals surface area (Å²) in [5.74, 6) is -0.0702. The maximum atomic E-state index is 9.65. The molecule has 0 aromatic carbocycles. The predicted molar refractivity (Wildman–Crippen MR) is 55.3 cm³/mol. The minimum atomic E-state index is -0.975. The van der Waals surface area contributed by atoms with Crippen LogP contribution in [-0.2, 0) is 9.47 Å². The number of nitrogens with zero attached hydrogens (tertiary/aromatic N) is 1. The molecule has 0 amide bonds. The quantitative estimate of drug-likeness (QED) is 0.703. The van der Waals surface area contributed by atoms with Crippen LogP contribution in [0.3, 0.4) is 0 Å². The van der Waals surface area contributed by atoms with Gasteiger partial charge in [0.05, 0.1) is 18.9 Å². The third-order valence-electron chi connectivity index (χ3n) is 2.34. The van der Waals surface area contributed by atoms with E-state index in [1.54, 1.807) is 25.1 Å². The van der Waals surface area contributed by atoms with E-state index in [9.17, 15) is 10.2 Å². The Labute approximate surface area is 89.2 Å². The SMILES string of the molecule is COCC1=CC(O)C(O)=C(COC)N1C. The fraction of sp³-hybridized carbons (Fsp3) is 0.600. The lowest BCUT2D eigenvalue weighted by molar-refractivity contribution is 0.134. The lowest BCUT2D eigenvalue weighted by atomic mass is 10.1. The molecular weight excluding hydrogens is 198 g/mol. The van der Waals surface area contributed by atoms with Crippen molar-refractivity contribution >= 4 is 0 Å². The van der Waals surface area contributed by atoms with Crippen molar-refractivity contribution in [2.24, 2.45) is 0 Å². The summed E-state index contributed by atoms with van der Waals surface area (Å²) in [5, 5.41) is 19.2. The Morgan fingerprint density at radius 1 is 1.33 bits per heavy atom. The number of ether oxygens (including phenoxy) is 2. The Balaban J connectivity index is 2.89. The van der Waals surface area contributed by atoms with Crippen molar-refractivity contribution in [1.29, 1.82) is 0 Å². The van der Waals surface area contributed by atoms with E-state index < -0.39 is 6.10 Å². The van der Waals surface area contributed by atoms with E-state index >= 15 is 0 Å². The molecule has 1 heterocycles. The van der Waals surface area contributed by atoms with Crippen molar-refractivity contribution in [2.45, 2.75) is 6.10 Å². The van der Waals surface area contributed by atoms with Gasteiger partial charge in [0.1, 0.15) is 11.9 Å². The largest absolute Gasteiger partial charge is 0.507 e. The summed E-state index contributed by atoms with van der Waals surface area (Å²) in [6.45, 7) is 0.633. The number of hydrogen-bond acceptors (Lipinski definition) is 5. The van der Waals surface area contributed by atoms with Crippen LogP contribution in [0.25, 0.3) is 0 Å². The first-order valence-electron chi connectivity index (χ1n) is 4.64. The zero-order valence-corrected chi connectivity index (χ0v) is 9.23. The Morgan fingerprint density at radius 3 is 2.47 bits per heavy atom. The summed E-state index contributed by atoms with van der Waals surface area (Å²) in [6, 6.07) is 0. The number of hydrogen-bond donors (Lipinski definition) is 2. The molecule has 0 spiro atoms. The molecule has 0 saturated carbocycles. The number of aliphatic hydroxyl groups is 2. The highest BCUT2D eigenvalue weighted by Crippen LogP contribution is 2.23. The van der Waals surface area contributed by atoms with Gasteiger partial charge in [-0.05, 0) is 6.08 Å². The smallest absolute Gasteiger partial charge is 0.147 e. The van der Waals surface area contributed by atoms with Gasteiger partial charge in [-0.3, -0.25) is 0 Å². The average molecular weight is 215 g/mol. The molecule has 0 radical (unpaired) electrons. The predicted octanol–water partition coefficient (Wildman–Crippen LogP) is 0.239. The summed E-state index contributed by atoms with van der Waals surface area (Å²) in [4.78, 5) is 1.76. The molecule has 1 unspecified atom stereocenters. The highest BCUT2D eigenvalue weighted by atomic mass is 16.5. The second kappa shape index (κ2) is 5.16. The van der Waals surface area contributed by atoms with Gasteiger partial charge in [0.2, 0.25) is 0 Å². The monoisotopic (exact) mass is 215 g/mol. The molecule has 15 heavy (non-hydrogen) atoms.